The third kappa shape index (κ3) is 3.42. The van der Waals surface area contributed by atoms with Gasteiger partial charge in [0.1, 0.15) is 0 Å². The van der Waals surface area contributed by atoms with Gasteiger partial charge in [-0.1, -0.05) is 50.1 Å². The standard InChI is InChI=1S/C27H38O4S/c1-17-5-7-21(8-6-17)32(29,30)31-24-10-9-22-25-18(2)15-19-16-20(28)11-13-26(19,3)23(25)12-14-27(22,24)4/h5-8,16,18,20,22-25,28H,9-15H2,1-4H3/t18-,20?,22?,23?,24+,25?,26+,27+/m1/s1. The van der Waals surface area contributed by atoms with E-state index in [1.807, 2.05) is 19.1 Å². The van der Waals surface area contributed by atoms with E-state index < -0.39 is 10.1 Å². The van der Waals surface area contributed by atoms with E-state index in [0.29, 0.717) is 23.7 Å². The summed E-state index contributed by atoms with van der Waals surface area (Å²) in [5.74, 6) is 2.28. The molecule has 0 heterocycles. The molecule has 1 aromatic carbocycles. The number of hydrogen-bond donors (Lipinski definition) is 1. The van der Waals surface area contributed by atoms with Crippen LogP contribution in [0.2, 0.25) is 0 Å². The molecule has 0 spiro atoms. The lowest BCUT2D eigenvalue weighted by Gasteiger charge is -2.60. The van der Waals surface area contributed by atoms with Gasteiger partial charge >= 0.3 is 0 Å². The number of rotatable bonds is 3. The first-order valence-electron chi connectivity index (χ1n) is 12.4. The normalized spacial score (nSPS) is 43.7. The topological polar surface area (TPSA) is 63.6 Å². The quantitative estimate of drug-likeness (QED) is 0.470. The zero-order chi connectivity index (χ0) is 22.9. The molecule has 5 rings (SSSR count). The zero-order valence-corrected chi connectivity index (χ0v) is 20.7. The zero-order valence-electron chi connectivity index (χ0n) is 19.9. The second-order valence-electron chi connectivity index (χ2n) is 11.7. The van der Waals surface area contributed by atoms with Crippen LogP contribution in [-0.2, 0) is 14.3 Å². The van der Waals surface area contributed by atoms with Gasteiger partial charge in [0, 0.05) is 0 Å². The van der Waals surface area contributed by atoms with Crippen LogP contribution in [0.1, 0.15) is 71.3 Å². The van der Waals surface area contributed by atoms with Crippen molar-refractivity contribution < 1.29 is 17.7 Å². The Kier molecular flexibility index (Phi) is 5.43. The van der Waals surface area contributed by atoms with Crippen molar-refractivity contribution in [2.24, 2.45) is 34.5 Å². The average Bonchev–Trinajstić information content (AvgIpc) is 3.05. The maximum Gasteiger partial charge on any atom is 0.297 e. The summed E-state index contributed by atoms with van der Waals surface area (Å²) in [6.45, 7) is 9.06. The van der Waals surface area contributed by atoms with Crippen LogP contribution in [0.25, 0.3) is 0 Å². The van der Waals surface area contributed by atoms with Crippen molar-refractivity contribution in [2.45, 2.75) is 89.7 Å². The average molecular weight is 459 g/mol. The highest BCUT2D eigenvalue weighted by atomic mass is 32.2. The van der Waals surface area contributed by atoms with E-state index in [-0.39, 0.29) is 27.9 Å². The van der Waals surface area contributed by atoms with Crippen LogP contribution in [0.15, 0.2) is 40.8 Å². The van der Waals surface area contributed by atoms with Gasteiger partial charge in [0.05, 0.1) is 17.1 Å². The van der Waals surface area contributed by atoms with Crippen molar-refractivity contribution in [3.63, 3.8) is 0 Å². The highest BCUT2D eigenvalue weighted by Gasteiger charge is 2.61. The van der Waals surface area contributed by atoms with Gasteiger partial charge in [-0.15, -0.1) is 0 Å². The van der Waals surface area contributed by atoms with Crippen LogP contribution in [0.3, 0.4) is 0 Å². The molecule has 4 aliphatic carbocycles. The maximum absolute atomic E-state index is 13.1. The van der Waals surface area contributed by atoms with E-state index in [9.17, 15) is 13.5 Å². The van der Waals surface area contributed by atoms with Gasteiger partial charge in [-0.05, 0) is 98.5 Å². The molecule has 4 nitrogen and oxygen atoms in total. The van der Waals surface area contributed by atoms with E-state index in [1.165, 1.54) is 5.57 Å². The Morgan fingerprint density at radius 1 is 1.00 bits per heavy atom. The van der Waals surface area contributed by atoms with Crippen molar-refractivity contribution >= 4 is 10.1 Å². The van der Waals surface area contributed by atoms with Crippen molar-refractivity contribution in [3.05, 3.63) is 41.5 Å². The Bertz CT molecular complexity index is 1010. The smallest absolute Gasteiger partial charge is 0.297 e. The minimum absolute atomic E-state index is 0.0983. The number of aryl methyl sites for hydroxylation is 1. The summed E-state index contributed by atoms with van der Waals surface area (Å²) in [6.07, 6.45) is 8.62. The Balaban J connectivity index is 1.41. The minimum atomic E-state index is -3.77. The molecule has 4 aliphatic rings. The fourth-order valence-corrected chi connectivity index (χ4v) is 9.28. The molecule has 8 atom stereocenters. The number of fused-ring (bicyclic) bond motifs is 5. The lowest BCUT2D eigenvalue weighted by Crippen LogP contribution is -2.54. The van der Waals surface area contributed by atoms with E-state index >= 15 is 0 Å². The molecular formula is C27H38O4S. The Morgan fingerprint density at radius 2 is 1.72 bits per heavy atom. The third-order valence-corrected chi connectivity index (χ3v) is 11.2. The predicted molar refractivity (Wildman–Crippen MR) is 125 cm³/mol. The first-order chi connectivity index (χ1) is 15.0. The summed E-state index contributed by atoms with van der Waals surface area (Å²) in [5.41, 5.74) is 2.60. The van der Waals surface area contributed by atoms with Crippen LogP contribution >= 0.6 is 0 Å². The predicted octanol–water partition coefficient (Wildman–Crippen LogP) is 5.64. The third-order valence-electron chi connectivity index (χ3n) is 9.90. The Morgan fingerprint density at radius 3 is 2.44 bits per heavy atom. The molecule has 0 saturated heterocycles. The Hall–Kier alpha value is -1.17. The molecule has 3 saturated carbocycles. The maximum atomic E-state index is 13.1. The van der Waals surface area contributed by atoms with E-state index in [1.54, 1.807) is 12.1 Å². The lowest BCUT2D eigenvalue weighted by molar-refractivity contribution is -0.0887. The molecule has 3 fully saturated rings. The van der Waals surface area contributed by atoms with Crippen LogP contribution in [0.4, 0.5) is 0 Å². The van der Waals surface area contributed by atoms with Gasteiger partial charge in [-0.2, -0.15) is 8.42 Å². The number of aliphatic hydroxyl groups is 1. The van der Waals surface area contributed by atoms with Gasteiger partial charge in [-0.3, -0.25) is 4.18 Å². The number of aliphatic hydroxyl groups excluding tert-OH is 1. The first-order valence-corrected chi connectivity index (χ1v) is 13.8. The van der Waals surface area contributed by atoms with E-state index in [4.69, 9.17) is 4.18 Å². The molecule has 0 amide bonds. The molecule has 1 N–H and O–H groups in total. The number of allylic oxidation sites excluding steroid dienone is 1. The summed E-state index contributed by atoms with van der Waals surface area (Å²) in [5, 5.41) is 10.2. The van der Waals surface area contributed by atoms with Gasteiger partial charge < -0.3 is 5.11 Å². The summed E-state index contributed by atoms with van der Waals surface area (Å²) < 4.78 is 32.1. The van der Waals surface area contributed by atoms with Gasteiger partial charge in [0.15, 0.2) is 0 Å². The number of hydrogen-bond acceptors (Lipinski definition) is 4. The fourth-order valence-electron chi connectivity index (χ4n) is 8.08. The minimum Gasteiger partial charge on any atom is -0.389 e. The summed E-state index contributed by atoms with van der Waals surface area (Å²) in [6, 6.07) is 6.98. The summed E-state index contributed by atoms with van der Waals surface area (Å²) in [7, 11) is -3.77. The largest absolute Gasteiger partial charge is 0.389 e. The molecule has 5 heteroatoms. The first kappa shape index (κ1) is 22.6. The molecule has 4 unspecified atom stereocenters. The second-order valence-corrected chi connectivity index (χ2v) is 13.2. The van der Waals surface area contributed by atoms with Gasteiger partial charge in [0.25, 0.3) is 10.1 Å². The van der Waals surface area contributed by atoms with Crippen molar-refractivity contribution in [2.75, 3.05) is 0 Å². The molecule has 0 aromatic heterocycles. The monoisotopic (exact) mass is 458 g/mol. The number of benzene rings is 1. The summed E-state index contributed by atoms with van der Waals surface area (Å²) in [4.78, 5) is 0.262. The Labute approximate surface area is 193 Å². The van der Waals surface area contributed by atoms with Crippen LogP contribution in [0, 0.1) is 41.4 Å². The molecule has 1 aromatic rings. The summed E-state index contributed by atoms with van der Waals surface area (Å²) >= 11 is 0. The fraction of sp³-hybridized carbons (Fsp3) is 0.704. The van der Waals surface area contributed by atoms with Gasteiger partial charge in [-0.25, -0.2) is 0 Å². The van der Waals surface area contributed by atoms with E-state index in [2.05, 4.69) is 26.8 Å². The highest BCUT2D eigenvalue weighted by Crippen LogP contribution is 2.67. The molecule has 0 aliphatic heterocycles. The van der Waals surface area contributed by atoms with Crippen LogP contribution in [0.5, 0.6) is 0 Å². The molecule has 176 valence electrons. The second kappa shape index (κ2) is 7.68. The molecular weight excluding hydrogens is 420 g/mol. The van der Waals surface area contributed by atoms with Crippen LogP contribution < -0.4 is 0 Å². The van der Waals surface area contributed by atoms with Crippen molar-refractivity contribution in [1.29, 1.82) is 0 Å². The van der Waals surface area contributed by atoms with Crippen molar-refractivity contribution in [1.82, 2.24) is 0 Å². The van der Waals surface area contributed by atoms with Gasteiger partial charge in [0.2, 0.25) is 0 Å². The molecule has 0 radical (unpaired) electrons. The molecule has 32 heavy (non-hydrogen) atoms. The molecule has 0 bridgehead atoms. The van der Waals surface area contributed by atoms with E-state index in [0.717, 1.165) is 50.5 Å². The van der Waals surface area contributed by atoms with Crippen LogP contribution in [-0.4, -0.2) is 25.7 Å². The van der Waals surface area contributed by atoms with Crippen molar-refractivity contribution in [3.8, 4) is 0 Å². The highest BCUT2D eigenvalue weighted by molar-refractivity contribution is 7.86. The lowest BCUT2D eigenvalue weighted by atomic mass is 9.45. The SMILES string of the molecule is Cc1ccc(S(=O)(=O)O[C@H]2CCC3C4C(CC[C@@]32C)[C@@]2(C)CCC(O)C=C2C[C@H]4C)cc1.